The molecular formula is C32H33ClN6O3. The monoisotopic (exact) mass is 584 g/mol. The van der Waals surface area contributed by atoms with Gasteiger partial charge in [-0.2, -0.15) is 0 Å². The number of amides is 1. The highest BCUT2D eigenvalue weighted by Crippen LogP contribution is 2.38. The Balaban J connectivity index is 1.18. The Morgan fingerprint density at radius 2 is 2.00 bits per heavy atom. The third-order valence-corrected chi connectivity index (χ3v) is 8.17. The van der Waals surface area contributed by atoms with Crippen LogP contribution in [0.4, 0.5) is 17.2 Å². The third kappa shape index (κ3) is 6.17. The van der Waals surface area contributed by atoms with Crippen LogP contribution in [0, 0.1) is 0 Å². The number of pyridine rings is 1. The number of ether oxygens (including phenoxy) is 2. The van der Waals surface area contributed by atoms with Gasteiger partial charge in [0.25, 0.3) is 0 Å². The molecule has 9 nitrogen and oxygen atoms in total. The van der Waals surface area contributed by atoms with E-state index >= 15 is 0 Å². The Labute approximate surface area is 249 Å². The van der Waals surface area contributed by atoms with E-state index in [4.69, 9.17) is 21.1 Å². The molecule has 1 unspecified atom stereocenters. The number of methoxy groups -OCH3 is 1. The minimum absolute atomic E-state index is 0.201. The van der Waals surface area contributed by atoms with Crippen LogP contribution in [0.5, 0.6) is 11.5 Å². The summed E-state index contributed by atoms with van der Waals surface area (Å²) in [6.07, 6.45) is 13.0. The predicted octanol–water partition coefficient (Wildman–Crippen LogP) is 6.52. The molecule has 216 valence electrons. The molecule has 1 amide bonds. The van der Waals surface area contributed by atoms with Crippen molar-refractivity contribution in [1.29, 1.82) is 0 Å². The number of nitrogens with one attached hydrogen (secondary N) is 2. The number of halogens is 1. The summed E-state index contributed by atoms with van der Waals surface area (Å²) in [6.45, 7) is 1.42. The number of hydrogen-bond acceptors (Lipinski definition) is 8. The molecule has 1 saturated carbocycles. The zero-order valence-electron chi connectivity index (χ0n) is 23.4. The van der Waals surface area contributed by atoms with Crippen molar-refractivity contribution in [3.8, 4) is 11.5 Å². The van der Waals surface area contributed by atoms with Crippen molar-refractivity contribution in [2.45, 2.75) is 50.8 Å². The van der Waals surface area contributed by atoms with Crippen molar-refractivity contribution < 1.29 is 14.3 Å². The summed E-state index contributed by atoms with van der Waals surface area (Å²) in [4.78, 5) is 28.7. The highest BCUT2D eigenvalue weighted by molar-refractivity contribution is 6.32. The predicted molar refractivity (Wildman–Crippen MR) is 165 cm³/mol. The molecule has 2 aromatic heterocycles. The molecule has 42 heavy (non-hydrogen) atoms. The zero-order chi connectivity index (χ0) is 28.9. The summed E-state index contributed by atoms with van der Waals surface area (Å²) in [7, 11) is 1.57. The lowest BCUT2D eigenvalue weighted by atomic mass is 9.91. The lowest BCUT2D eigenvalue weighted by Crippen LogP contribution is -2.42. The number of nitrogens with zero attached hydrogens (tertiary/aromatic N) is 4. The molecule has 1 aliphatic carbocycles. The quantitative estimate of drug-likeness (QED) is 0.203. The molecule has 10 heteroatoms. The van der Waals surface area contributed by atoms with E-state index in [1.807, 2.05) is 36.4 Å². The number of likely N-dealkylation sites (tertiary alicyclic amines) is 1. The minimum Gasteiger partial charge on any atom is -0.494 e. The Morgan fingerprint density at radius 1 is 1.10 bits per heavy atom. The number of carbonyl (C=O) groups excluding carboxylic acids is 1. The van der Waals surface area contributed by atoms with Crippen LogP contribution in [0.25, 0.3) is 10.9 Å². The second kappa shape index (κ2) is 12.8. The maximum absolute atomic E-state index is 13.0. The second-order valence-corrected chi connectivity index (χ2v) is 10.9. The number of rotatable bonds is 10. The molecule has 6 rings (SSSR count). The van der Waals surface area contributed by atoms with Crippen LogP contribution < -0.4 is 20.1 Å². The Bertz CT molecular complexity index is 1590. The molecule has 3 heterocycles. The van der Waals surface area contributed by atoms with Gasteiger partial charge >= 0.3 is 0 Å². The normalized spacial score (nSPS) is 17.3. The highest BCUT2D eigenvalue weighted by Gasteiger charge is 2.32. The summed E-state index contributed by atoms with van der Waals surface area (Å²) in [5.74, 6) is 1.33. The van der Waals surface area contributed by atoms with E-state index in [-0.39, 0.29) is 5.91 Å². The van der Waals surface area contributed by atoms with E-state index in [2.05, 4.69) is 30.5 Å². The number of fused-ring (bicyclic) bond motifs is 1. The van der Waals surface area contributed by atoms with E-state index in [0.29, 0.717) is 63.3 Å². The summed E-state index contributed by atoms with van der Waals surface area (Å²) in [5.41, 5.74) is 2.72. The summed E-state index contributed by atoms with van der Waals surface area (Å²) >= 11 is 6.54. The first-order valence-electron chi connectivity index (χ1n) is 14.2. The van der Waals surface area contributed by atoms with Gasteiger partial charge in [0.2, 0.25) is 5.91 Å². The van der Waals surface area contributed by atoms with Gasteiger partial charge in [0.05, 0.1) is 34.4 Å². The van der Waals surface area contributed by atoms with Crippen molar-refractivity contribution in [2.75, 3.05) is 24.3 Å². The van der Waals surface area contributed by atoms with Gasteiger partial charge in [0.15, 0.2) is 5.75 Å². The Hall–Kier alpha value is -4.21. The zero-order valence-corrected chi connectivity index (χ0v) is 24.2. The largest absolute Gasteiger partial charge is 0.494 e. The third-order valence-electron chi connectivity index (χ3n) is 7.87. The number of anilines is 3. The molecule has 1 aliphatic heterocycles. The minimum atomic E-state index is -0.201. The average molecular weight is 585 g/mol. The molecule has 1 atom stereocenters. The lowest BCUT2D eigenvalue weighted by Gasteiger charge is -2.37. The topological polar surface area (TPSA) is 102 Å². The van der Waals surface area contributed by atoms with E-state index in [0.717, 1.165) is 18.7 Å². The van der Waals surface area contributed by atoms with Crippen molar-refractivity contribution in [3.63, 3.8) is 0 Å². The fourth-order valence-electron chi connectivity index (χ4n) is 5.56. The van der Waals surface area contributed by atoms with Crippen molar-refractivity contribution in [2.24, 2.45) is 0 Å². The van der Waals surface area contributed by atoms with Crippen molar-refractivity contribution in [1.82, 2.24) is 19.9 Å². The first-order chi connectivity index (χ1) is 20.6. The van der Waals surface area contributed by atoms with E-state index in [1.165, 1.54) is 32.0 Å². The molecule has 0 bridgehead atoms. The van der Waals surface area contributed by atoms with E-state index < -0.39 is 0 Å². The molecule has 2 N–H and O–H groups in total. The lowest BCUT2D eigenvalue weighted by molar-refractivity contribution is -0.112. The summed E-state index contributed by atoms with van der Waals surface area (Å²) < 4.78 is 11.6. The molecule has 2 aliphatic rings. The molecular weight excluding hydrogens is 552 g/mol. The Morgan fingerprint density at radius 3 is 2.76 bits per heavy atom. The maximum atomic E-state index is 13.0. The SMILES string of the molecule is COc1c(NC(=O)/C=C/C2CCCN2C2CCC2)ccc2ncnc(Nc3ccc(OCc4ccccn4)c(Cl)c3)c12. The smallest absolute Gasteiger partial charge is 0.248 e. The maximum Gasteiger partial charge on any atom is 0.248 e. The van der Waals surface area contributed by atoms with Gasteiger partial charge in [0.1, 0.15) is 24.5 Å². The molecule has 2 fully saturated rings. The van der Waals surface area contributed by atoms with Gasteiger partial charge in [-0.25, -0.2) is 9.97 Å². The highest BCUT2D eigenvalue weighted by atomic mass is 35.5. The summed E-state index contributed by atoms with van der Waals surface area (Å²) in [6, 6.07) is 15.7. The first-order valence-corrected chi connectivity index (χ1v) is 14.6. The fraction of sp³-hybridized carbons (Fsp3) is 0.312. The van der Waals surface area contributed by atoms with Crippen LogP contribution in [0.3, 0.4) is 0 Å². The van der Waals surface area contributed by atoms with Gasteiger partial charge in [-0.3, -0.25) is 14.7 Å². The molecule has 1 saturated heterocycles. The molecule has 2 aromatic carbocycles. The van der Waals surface area contributed by atoms with Crippen LogP contribution in [-0.2, 0) is 11.4 Å². The average Bonchev–Trinajstić information content (AvgIpc) is 3.43. The van der Waals surface area contributed by atoms with Crippen molar-refractivity contribution >= 4 is 45.6 Å². The molecule has 0 radical (unpaired) electrons. The van der Waals surface area contributed by atoms with Gasteiger partial charge < -0.3 is 20.1 Å². The number of aromatic nitrogens is 3. The van der Waals surface area contributed by atoms with Crippen LogP contribution in [0.2, 0.25) is 5.02 Å². The van der Waals surface area contributed by atoms with Crippen LogP contribution in [0.1, 0.15) is 37.8 Å². The number of hydrogen-bond donors (Lipinski definition) is 2. The van der Waals surface area contributed by atoms with E-state index in [9.17, 15) is 4.79 Å². The van der Waals surface area contributed by atoms with Crippen LogP contribution in [-0.4, -0.2) is 51.5 Å². The standard InChI is InChI=1S/C32H33ClN6O3/c1-41-31-27(38-29(40)15-11-24-9-5-17-39(24)23-7-4-8-23)13-12-26-30(31)32(36-20-35-26)37-21-10-14-28(25(33)18-21)42-19-22-6-2-3-16-34-22/h2-3,6,10-16,18,20,23-24H,4-5,7-9,17,19H2,1H3,(H,38,40)(H,35,36,37)/b15-11+. The first kappa shape index (κ1) is 27.9. The van der Waals surface area contributed by atoms with E-state index in [1.54, 1.807) is 37.6 Å². The van der Waals surface area contributed by atoms with Gasteiger partial charge in [-0.1, -0.05) is 30.2 Å². The van der Waals surface area contributed by atoms with Gasteiger partial charge in [-0.05, 0) is 74.7 Å². The van der Waals surface area contributed by atoms with Crippen LogP contribution in [0.15, 0.2) is 73.2 Å². The molecule has 0 spiro atoms. The summed E-state index contributed by atoms with van der Waals surface area (Å²) in [5, 5.41) is 7.39. The fourth-order valence-corrected chi connectivity index (χ4v) is 5.80. The molecule has 4 aromatic rings. The van der Waals surface area contributed by atoms with Gasteiger partial charge in [-0.15, -0.1) is 0 Å². The van der Waals surface area contributed by atoms with Crippen molar-refractivity contribution in [3.05, 3.63) is 83.9 Å². The Kier molecular flexibility index (Phi) is 8.48. The van der Waals surface area contributed by atoms with Gasteiger partial charge in [0, 0.05) is 30.0 Å². The van der Waals surface area contributed by atoms with Crippen LogP contribution >= 0.6 is 11.6 Å². The number of carbonyl (C=O) groups is 1. The number of benzene rings is 2. The second-order valence-electron chi connectivity index (χ2n) is 10.5.